The Morgan fingerprint density at radius 2 is 1.96 bits per heavy atom. The first-order chi connectivity index (χ1) is 11.6. The van der Waals surface area contributed by atoms with Crippen LogP contribution in [-0.2, 0) is 6.54 Å². The van der Waals surface area contributed by atoms with Crippen molar-refractivity contribution in [3.8, 4) is 0 Å². The molecular formula is C18H22N4O2. The minimum atomic E-state index is -0.395. The van der Waals surface area contributed by atoms with Crippen molar-refractivity contribution in [3.63, 3.8) is 0 Å². The van der Waals surface area contributed by atoms with E-state index < -0.39 is 4.92 Å². The summed E-state index contributed by atoms with van der Waals surface area (Å²) < 4.78 is 0. The summed E-state index contributed by atoms with van der Waals surface area (Å²) in [6, 6.07) is 16.7. The van der Waals surface area contributed by atoms with Gasteiger partial charge in [0.05, 0.1) is 17.5 Å². The van der Waals surface area contributed by atoms with Crippen molar-refractivity contribution in [1.82, 2.24) is 10.6 Å². The smallest absolute Gasteiger partial charge is 0.269 e. The van der Waals surface area contributed by atoms with Gasteiger partial charge in [-0.15, -0.1) is 0 Å². The molecule has 0 amide bonds. The standard InChI is InChI=1S/C18H22N4O2/c1-3-19-18(21-14(2)16-9-5-4-6-10-16)20-13-15-8-7-11-17(12-15)22(23)24/h4-12,14H,3,13H2,1-2H3,(H2,19,20,21). The first kappa shape index (κ1) is 17.5. The first-order valence-corrected chi connectivity index (χ1v) is 7.93. The highest BCUT2D eigenvalue weighted by atomic mass is 16.6. The van der Waals surface area contributed by atoms with Gasteiger partial charge in [-0.2, -0.15) is 0 Å². The lowest BCUT2D eigenvalue weighted by atomic mass is 10.1. The number of rotatable bonds is 6. The van der Waals surface area contributed by atoms with Crippen molar-refractivity contribution in [2.45, 2.75) is 26.4 Å². The zero-order valence-corrected chi connectivity index (χ0v) is 13.9. The van der Waals surface area contributed by atoms with Crippen LogP contribution in [0.25, 0.3) is 0 Å². The summed E-state index contributed by atoms with van der Waals surface area (Å²) in [5, 5.41) is 17.4. The molecule has 0 aromatic heterocycles. The minimum Gasteiger partial charge on any atom is -0.357 e. The lowest BCUT2D eigenvalue weighted by molar-refractivity contribution is -0.384. The fourth-order valence-corrected chi connectivity index (χ4v) is 2.29. The predicted molar refractivity (Wildman–Crippen MR) is 95.9 cm³/mol. The Labute approximate surface area is 141 Å². The molecule has 6 heteroatoms. The molecule has 0 saturated heterocycles. The van der Waals surface area contributed by atoms with Gasteiger partial charge in [-0.3, -0.25) is 10.1 Å². The van der Waals surface area contributed by atoms with E-state index in [9.17, 15) is 10.1 Å². The molecule has 0 fully saturated rings. The van der Waals surface area contributed by atoms with E-state index in [1.165, 1.54) is 11.6 Å². The van der Waals surface area contributed by atoms with Crippen molar-refractivity contribution in [2.75, 3.05) is 6.54 Å². The summed E-state index contributed by atoms with van der Waals surface area (Å²) in [7, 11) is 0. The summed E-state index contributed by atoms with van der Waals surface area (Å²) in [6.45, 7) is 5.17. The van der Waals surface area contributed by atoms with Gasteiger partial charge in [0.2, 0.25) is 0 Å². The van der Waals surface area contributed by atoms with E-state index in [4.69, 9.17) is 0 Å². The molecule has 2 rings (SSSR count). The number of nitro benzene ring substituents is 1. The maximum absolute atomic E-state index is 10.8. The Morgan fingerprint density at radius 3 is 2.62 bits per heavy atom. The molecule has 6 nitrogen and oxygen atoms in total. The van der Waals surface area contributed by atoms with Crippen LogP contribution in [0.5, 0.6) is 0 Å². The molecule has 0 heterocycles. The van der Waals surface area contributed by atoms with E-state index in [1.54, 1.807) is 12.1 Å². The molecule has 126 valence electrons. The van der Waals surface area contributed by atoms with Crippen molar-refractivity contribution < 1.29 is 4.92 Å². The molecule has 0 aliphatic carbocycles. The van der Waals surface area contributed by atoms with E-state index in [0.717, 1.165) is 12.1 Å². The van der Waals surface area contributed by atoms with Gasteiger partial charge in [0.25, 0.3) is 5.69 Å². The number of hydrogen-bond acceptors (Lipinski definition) is 3. The van der Waals surface area contributed by atoms with Gasteiger partial charge in [-0.05, 0) is 25.0 Å². The second-order valence-electron chi connectivity index (χ2n) is 5.40. The SMILES string of the molecule is CCNC(=NCc1cccc([N+](=O)[O-])c1)NC(C)c1ccccc1. The fraction of sp³-hybridized carbons (Fsp3) is 0.278. The van der Waals surface area contributed by atoms with Crippen molar-refractivity contribution in [1.29, 1.82) is 0 Å². The molecule has 0 saturated carbocycles. The summed E-state index contributed by atoms with van der Waals surface area (Å²) in [4.78, 5) is 15.0. The number of non-ortho nitro benzene ring substituents is 1. The summed E-state index contributed by atoms with van der Waals surface area (Å²) in [5.41, 5.74) is 2.05. The normalized spacial score (nSPS) is 12.5. The van der Waals surface area contributed by atoms with Crippen molar-refractivity contribution >= 4 is 11.6 Å². The van der Waals surface area contributed by atoms with Crippen molar-refractivity contribution in [3.05, 3.63) is 75.8 Å². The molecule has 0 aliphatic rings. The number of aliphatic imine (C=N–C) groups is 1. The third-order valence-electron chi connectivity index (χ3n) is 3.54. The van der Waals surface area contributed by atoms with Gasteiger partial charge < -0.3 is 10.6 Å². The number of nitrogens with zero attached hydrogens (tertiary/aromatic N) is 2. The quantitative estimate of drug-likeness (QED) is 0.369. The zero-order valence-electron chi connectivity index (χ0n) is 13.9. The van der Waals surface area contributed by atoms with E-state index in [1.807, 2.05) is 31.2 Å². The van der Waals surface area contributed by atoms with Crippen LogP contribution in [0.3, 0.4) is 0 Å². The average molecular weight is 326 g/mol. The van der Waals surface area contributed by atoms with Crippen LogP contribution in [0, 0.1) is 10.1 Å². The van der Waals surface area contributed by atoms with E-state index >= 15 is 0 Å². The Bertz CT molecular complexity index is 701. The molecule has 0 bridgehead atoms. The summed E-state index contributed by atoms with van der Waals surface area (Å²) >= 11 is 0. The van der Waals surface area contributed by atoms with Crippen LogP contribution in [0.15, 0.2) is 59.6 Å². The highest BCUT2D eigenvalue weighted by Crippen LogP contribution is 2.14. The average Bonchev–Trinajstić information content (AvgIpc) is 2.61. The highest BCUT2D eigenvalue weighted by molar-refractivity contribution is 5.80. The topological polar surface area (TPSA) is 79.6 Å². The predicted octanol–water partition coefficient (Wildman–Crippen LogP) is 3.41. The van der Waals surface area contributed by atoms with Gasteiger partial charge in [0, 0.05) is 18.7 Å². The number of guanidine groups is 1. The number of nitrogens with one attached hydrogen (secondary N) is 2. The minimum absolute atomic E-state index is 0.0818. The van der Waals surface area contributed by atoms with Gasteiger partial charge in [0.15, 0.2) is 5.96 Å². The van der Waals surface area contributed by atoms with E-state index in [2.05, 4.69) is 34.7 Å². The fourth-order valence-electron chi connectivity index (χ4n) is 2.29. The molecule has 24 heavy (non-hydrogen) atoms. The molecule has 0 aliphatic heterocycles. The van der Waals surface area contributed by atoms with Crippen LogP contribution in [-0.4, -0.2) is 17.4 Å². The Kier molecular flexibility index (Phi) is 6.31. The largest absolute Gasteiger partial charge is 0.357 e. The lowest BCUT2D eigenvalue weighted by Crippen LogP contribution is -2.38. The van der Waals surface area contributed by atoms with Crippen LogP contribution in [0.1, 0.15) is 31.0 Å². The lowest BCUT2D eigenvalue weighted by Gasteiger charge is -2.18. The van der Waals surface area contributed by atoms with Crippen LogP contribution in [0.4, 0.5) is 5.69 Å². The second kappa shape index (κ2) is 8.67. The van der Waals surface area contributed by atoms with Crippen LogP contribution < -0.4 is 10.6 Å². The van der Waals surface area contributed by atoms with Crippen molar-refractivity contribution in [2.24, 2.45) is 4.99 Å². The highest BCUT2D eigenvalue weighted by Gasteiger charge is 2.08. The third-order valence-corrected chi connectivity index (χ3v) is 3.54. The molecule has 1 atom stereocenters. The first-order valence-electron chi connectivity index (χ1n) is 7.93. The van der Waals surface area contributed by atoms with Crippen LogP contribution >= 0.6 is 0 Å². The maximum atomic E-state index is 10.8. The maximum Gasteiger partial charge on any atom is 0.269 e. The number of hydrogen-bond donors (Lipinski definition) is 2. The van der Waals surface area contributed by atoms with E-state index in [-0.39, 0.29) is 11.7 Å². The Balaban J connectivity index is 2.08. The third kappa shape index (κ3) is 5.08. The van der Waals surface area contributed by atoms with Gasteiger partial charge in [-0.1, -0.05) is 42.5 Å². The second-order valence-corrected chi connectivity index (χ2v) is 5.40. The number of benzene rings is 2. The van der Waals surface area contributed by atoms with Crippen LogP contribution in [0.2, 0.25) is 0 Å². The summed E-state index contributed by atoms with van der Waals surface area (Å²) in [5.74, 6) is 0.681. The van der Waals surface area contributed by atoms with Gasteiger partial charge in [-0.25, -0.2) is 4.99 Å². The van der Waals surface area contributed by atoms with Gasteiger partial charge >= 0.3 is 0 Å². The monoisotopic (exact) mass is 326 g/mol. The molecule has 1 unspecified atom stereocenters. The molecule has 0 spiro atoms. The molecule has 2 aromatic rings. The Hall–Kier alpha value is -2.89. The van der Waals surface area contributed by atoms with Gasteiger partial charge in [0.1, 0.15) is 0 Å². The summed E-state index contributed by atoms with van der Waals surface area (Å²) in [6.07, 6.45) is 0. The van der Waals surface area contributed by atoms with E-state index in [0.29, 0.717) is 12.5 Å². The molecule has 0 radical (unpaired) electrons. The zero-order chi connectivity index (χ0) is 17.4. The molecular weight excluding hydrogens is 304 g/mol. The molecule has 2 aromatic carbocycles. The molecule has 2 N–H and O–H groups in total. The number of nitro groups is 1. The Morgan fingerprint density at radius 1 is 1.21 bits per heavy atom.